The van der Waals surface area contributed by atoms with E-state index in [2.05, 4.69) is 15.8 Å². The summed E-state index contributed by atoms with van der Waals surface area (Å²) in [7, 11) is 3.10. The Balaban J connectivity index is 1.50. The summed E-state index contributed by atoms with van der Waals surface area (Å²) in [6.07, 6.45) is 1.40. The van der Waals surface area contributed by atoms with Gasteiger partial charge in [-0.1, -0.05) is 35.9 Å². The minimum absolute atomic E-state index is 0.203. The van der Waals surface area contributed by atoms with E-state index in [1.54, 1.807) is 61.7 Å². The van der Waals surface area contributed by atoms with Crippen LogP contribution < -0.4 is 25.0 Å². The number of hydrogen-bond acceptors (Lipinski definition) is 6. The lowest BCUT2D eigenvalue weighted by atomic mass is 10.2. The minimum atomic E-state index is -0.875. The van der Waals surface area contributed by atoms with Gasteiger partial charge in [-0.15, -0.1) is 0 Å². The van der Waals surface area contributed by atoms with E-state index in [0.717, 1.165) is 11.1 Å². The molecule has 0 fully saturated rings. The summed E-state index contributed by atoms with van der Waals surface area (Å²) < 4.78 is 16.3. The first-order valence-corrected chi connectivity index (χ1v) is 10.7. The van der Waals surface area contributed by atoms with Crippen molar-refractivity contribution in [1.29, 1.82) is 0 Å². The van der Waals surface area contributed by atoms with Crippen molar-refractivity contribution in [1.82, 2.24) is 10.7 Å². The molecule has 176 valence electrons. The second-order valence-corrected chi connectivity index (χ2v) is 7.49. The molecular formula is C25H24ClN3O5. The van der Waals surface area contributed by atoms with Crippen LogP contribution in [0.4, 0.5) is 0 Å². The third kappa shape index (κ3) is 7.25. The molecule has 0 aliphatic rings. The van der Waals surface area contributed by atoms with Gasteiger partial charge in [0.2, 0.25) is 0 Å². The Kier molecular flexibility index (Phi) is 8.88. The maximum atomic E-state index is 12.0. The molecule has 0 aliphatic carbocycles. The Bertz CT molecular complexity index is 1150. The van der Waals surface area contributed by atoms with Gasteiger partial charge < -0.3 is 19.5 Å². The molecule has 0 saturated carbocycles. The monoisotopic (exact) mass is 481 g/mol. The Hall–Kier alpha value is -4.04. The molecule has 0 radical (unpaired) electrons. The molecular weight excluding hydrogens is 458 g/mol. The summed E-state index contributed by atoms with van der Waals surface area (Å²) in [5.41, 5.74) is 4.64. The van der Waals surface area contributed by atoms with E-state index in [1.807, 2.05) is 12.1 Å². The van der Waals surface area contributed by atoms with Gasteiger partial charge in [0.25, 0.3) is 0 Å². The SMILES string of the molecule is COc1ccc(CNC(=O)C(=O)N/N=C\c2ccc(OCc3ccc(Cl)cc3)c(OC)c2)cc1. The van der Waals surface area contributed by atoms with Crippen LogP contribution in [-0.2, 0) is 22.7 Å². The average Bonchev–Trinajstić information content (AvgIpc) is 2.87. The third-order valence-corrected chi connectivity index (χ3v) is 4.95. The van der Waals surface area contributed by atoms with Crippen molar-refractivity contribution >= 4 is 29.6 Å². The van der Waals surface area contributed by atoms with Gasteiger partial charge in [0, 0.05) is 11.6 Å². The average molecular weight is 482 g/mol. The van der Waals surface area contributed by atoms with Gasteiger partial charge in [0.15, 0.2) is 11.5 Å². The van der Waals surface area contributed by atoms with Crippen molar-refractivity contribution in [3.05, 3.63) is 88.4 Å². The first-order chi connectivity index (χ1) is 16.5. The van der Waals surface area contributed by atoms with Crippen LogP contribution in [0.1, 0.15) is 16.7 Å². The molecule has 9 heteroatoms. The number of halogens is 1. The number of methoxy groups -OCH3 is 2. The van der Waals surface area contributed by atoms with Crippen molar-refractivity contribution in [2.24, 2.45) is 5.10 Å². The van der Waals surface area contributed by atoms with Crippen LogP contribution in [0.25, 0.3) is 0 Å². The van der Waals surface area contributed by atoms with Gasteiger partial charge in [-0.25, -0.2) is 5.43 Å². The zero-order chi connectivity index (χ0) is 24.3. The molecule has 0 bridgehead atoms. The number of nitrogens with zero attached hydrogens (tertiary/aromatic N) is 1. The van der Waals surface area contributed by atoms with Crippen LogP contribution in [-0.4, -0.2) is 32.2 Å². The Morgan fingerprint density at radius 1 is 0.882 bits per heavy atom. The lowest BCUT2D eigenvalue weighted by Crippen LogP contribution is -2.37. The highest BCUT2D eigenvalue weighted by Crippen LogP contribution is 2.28. The second-order valence-electron chi connectivity index (χ2n) is 7.06. The fourth-order valence-electron chi connectivity index (χ4n) is 2.85. The summed E-state index contributed by atoms with van der Waals surface area (Å²) in [5, 5.41) is 7.03. The zero-order valence-corrected chi connectivity index (χ0v) is 19.5. The standard InChI is InChI=1S/C25H24ClN3O5/c1-32-21-10-5-17(6-11-21)14-27-24(30)25(31)29-28-15-19-7-12-22(23(13-19)33-2)34-16-18-3-8-20(26)9-4-18/h3-13,15H,14,16H2,1-2H3,(H,27,30)(H,29,31)/b28-15-. The summed E-state index contributed by atoms with van der Waals surface area (Å²) in [6.45, 7) is 0.553. The molecule has 0 atom stereocenters. The normalized spacial score (nSPS) is 10.6. The molecule has 0 spiro atoms. The van der Waals surface area contributed by atoms with E-state index >= 15 is 0 Å². The number of benzene rings is 3. The summed E-state index contributed by atoms with van der Waals surface area (Å²) >= 11 is 5.90. The Morgan fingerprint density at radius 3 is 2.26 bits per heavy atom. The smallest absolute Gasteiger partial charge is 0.329 e. The second kappa shape index (κ2) is 12.3. The number of hydrogen-bond donors (Lipinski definition) is 2. The minimum Gasteiger partial charge on any atom is -0.497 e. The molecule has 0 unspecified atom stereocenters. The van der Waals surface area contributed by atoms with Crippen LogP contribution >= 0.6 is 11.6 Å². The van der Waals surface area contributed by atoms with E-state index in [-0.39, 0.29) is 6.54 Å². The predicted molar refractivity (Wildman–Crippen MR) is 129 cm³/mol. The topological polar surface area (TPSA) is 98.2 Å². The van der Waals surface area contributed by atoms with Crippen molar-refractivity contribution < 1.29 is 23.8 Å². The number of amides is 2. The number of hydrazone groups is 1. The van der Waals surface area contributed by atoms with E-state index in [0.29, 0.717) is 34.4 Å². The summed E-state index contributed by atoms with van der Waals surface area (Å²) in [6, 6.07) is 19.7. The number of nitrogens with one attached hydrogen (secondary N) is 2. The molecule has 0 aromatic heterocycles. The molecule has 0 aliphatic heterocycles. The highest BCUT2D eigenvalue weighted by Gasteiger charge is 2.12. The van der Waals surface area contributed by atoms with Crippen molar-refractivity contribution in [2.75, 3.05) is 14.2 Å². The fourth-order valence-corrected chi connectivity index (χ4v) is 2.97. The van der Waals surface area contributed by atoms with Crippen LogP contribution in [0.5, 0.6) is 17.2 Å². The first kappa shape index (κ1) is 24.6. The third-order valence-electron chi connectivity index (χ3n) is 4.69. The predicted octanol–water partition coefficient (Wildman–Crippen LogP) is 3.70. The zero-order valence-electron chi connectivity index (χ0n) is 18.7. The summed E-state index contributed by atoms with van der Waals surface area (Å²) in [4.78, 5) is 23.9. The van der Waals surface area contributed by atoms with Crippen LogP contribution in [0.2, 0.25) is 5.02 Å². The van der Waals surface area contributed by atoms with E-state index < -0.39 is 11.8 Å². The van der Waals surface area contributed by atoms with Crippen LogP contribution in [0, 0.1) is 0 Å². The number of rotatable bonds is 9. The molecule has 34 heavy (non-hydrogen) atoms. The van der Waals surface area contributed by atoms with Gasteiger partial charge >= 0.3 is 11.8 Å². The van der Waals surface area contributed by atoms with Crippen LogP contribution in [0.15, 0.2) is 71.8 Å². The molecule has 3 rings (SSSR count). The Morgan fingerprint density at radius 2 is 1.59 bits per heavy atom. The quantitative estimate of drug-likeness (QED) is 0.276. The summed E-state index contributed by atoms with van der Waals surface area (Å²) in [5.74, 6) is 0.0918. The van der Waals surface area contributed by atoms with Gasteiger partial charge in [0.1, 0.15) is 12.4 Å². The van der Waals surface area contributed by atoms with Gasteiger partial charge in [-0.3, -0.25) is 9.59 Å². The highest BCUT2D eigenvalue weighted by molar-refractivity contribution is 6.35. The van der Waals surface area contributed by atoms with Crippen molar-refractivity contribution in [2.45, 2.75) is 13.2 Å². The van der Waals surface area contributed by atoms with E-state index in [4.69, 9.17) is 25.8 Å². The molecule has 0 saturated heterocycles. The lowest BCUT2D eigenvalue weighted by Gasteiger charge is -2.11. The van der Waals surface area contributed by atoms with E-state index in [1.165, 1.54) is 13.3 Å². The largest absolute Gasteiger partial charge is 0.497 e. The number of carbonyl (C=O) groups excluding carboxylic acids is 2. The van der Waals surface area contributed by atoms with Gasteiger partial charge in [-0.05, 0) is 59.2 Å². The maximum absolute atomic E-state index is 12.0. The lowest BCUT2D eigenvalue weighted by molar-refractivity contribution is -0.139. The van der Waals surface area contributed by atoms with E-state index in [9.17, 15) is 9.59 Å². The molecule has 3 aromatic rings. The Labute approximate surface area is 202 Å². The first-order valence-electron chi connectivity index (χ1n) is 10.3. The molecule has 2 N–H and O–H groups in total. The maximum Gasteiger partial charge on any atom is 0.329 e. The molecule has 3 aromatic carbocycles. The van der Waals surface area contributed by atoms with Crippen molar-refractivity contribution in [3.8, 4) is 17.2 Å². The molecule has 2 amide bonds. The van der Waals surface area contributed by atoms with Crippen LogP contribution in [0.3, 0.4) is 0 Å². The van der Waals surface area contributed by atoms with Gasteiger partial charge in [0.05, 0.1) is 20.4 Å². The number of carbonyl (C=O) groups is 2. The molecule has 0 heterocycles. The fraction of sp³-hybridized carbons (Fsp3) is 0.160. The number of ether oxygens (including phenoxy) is 3. The molecule has 8 nitrogen and oxygen atoms in total. The highest BCUT2D eigenvalue weighted by atomic mass is 35.5. The van der Waals surface area contributed by atoms with Crippen molar-refractivity contribution in [3.63, 3.8) is 0 Å². The van der Waals surface area contributed by atoms with Gasteiger partial charge in [-0.2, -0.15) is 5.10 Å².